The first kappa shape index (κ1) is 15.9. The molecule has 1 fully saturated rings. The van der Waals surface area contributed by atoms with E-state index in [4.69, 9.17) is 5.26 Å². The first-order chi connectivity index (χ1) is 9.10. The fourth-order valence-corrected chi connectivity index (χ4v) is 2.75. The zero-order valence-corrected chi connectivity index (χ0v) is 11.4. The zero-order valence-electron chi connectivity index (χ0n) is 11.4. The number of carbonyl (C=O) groups is 1. The first-order valence-electron chi connectivity index (χ1n) is 6.92. The van der Waals surface area contributed by atoms with Gasteiger partial charge < -0.3 is 14.9 Å². The second-order valence-electron chi connectivity index (χ2n) is 5.22. The molecule has 0 aromatic carbocycles. The summed E-state index contributed by atoms with van der Waals surface area (Å²) >= 11 is 0. The lowest BCUT2D eigenvalue weighted by molar-refractivity contribution is -0.140. The molecule has 5 nitrogen and oxygen atoms in total. The van der Waals surface area contributed by atoms with Crippen molar-refractivity contribution in [3.05, 3.63) is 0 Å². The Labute approximate surface area is 114 Å². The van der Waals surface area contributed by atoms with Crippen molar-refractivity contribution >= 4 is 5.97 Å². The summed E-state index contributed by atoms with van der Waals surface area (Å²) in [6.07, 6.45) is 3.89. The van der Waals surface area contributed by atoms with Crippen molar-refractivity contribution in [1.29, 1.82) is 5.26 Å². The Hall–Kier alpha value is -1.12. The first-order valence-corrected chi connectivity index (χ1v) is 6.92. The monoisotopic (exact) mass is 269 g/mol. The highest BCUT2D eigenvalue weighted by atomic mass is 16.5. The molecular formula is C14H23NO4. The number of methoxy groups -OCH3 is 1. The molecule has 0 radical (unpaired) electrons. The van der Waals surface area contributed by atoms with Crippen molar-refractivity contribution in [3.8, 4) is 6.07 Å². The van der Waals surface area contributed by atoms with Gasteiger partial charge in [-0.15, -0.1) is 0 Å². The van der Waals surface area contributed by atoms with E-state index in [9.17, 15) is 15.0 Å². The fraction of sp³-hybridized carbons (Fsp3) is 0.857. The van der Waals surface area contributed by atoms with Gasteiger partial charge in [-0.3, -0.25) is 4.79 Å². The second-order valence-corrected chi connectivity index (χ2v) is 5.22. The van der Waals surface area contributed by atoms with Crippen molar-refractivity contribution in [3.63, 3.8) is 0 Å². The molecule has 4 unspecified atom stereocenters. The van der Waals surface area contributed by atoms with Crippen molar-refractivity contribution in [2.45, 2.75) is 57.2 Å². The second kappa shape index (κ2) is 8.13. The summed E-state index contributed by atoms with van der Waals surface area (Å²) in [6.45, 7) is 0. The third-order valence-electron chi connectivity index (χ3n) is 3.90. The van der Waals surface area contributed by atoms with Gasteiger partial charge in [0.25, 0.3) is 0 Å². The molecule has 0 aromatic rings. The number of nitriles is 1. The van der Waals surface area contributed by atoms with Crippen LogP contribution in [-0.4, -0.2) is 35.5 Å². The molecular weight excluding hydrogens is 246 g/mol. The maximum atomic E-state index is 10.9. The largest absolute Gasteiger partial charge is 0.469 e. The van der Waals surface area contributed by atoms with E-state index in [1.54, 1.807) is 0 Å². The van der Waals surface area contributed by atoms with Crippen LogP contribution in [0.5, 0.6) is 0 Å². The Morgan fingerprint density at radius 3 is 2.58 bits per heavy atom. The van der Waals surface area contributed by atoms with E-state index in [2.05, 4.69) is 10.8 Å². The molecule has 0 amide bonds. The lowest BCUT2D eigenvalue weighted by Crippen LogP contribution is -2.20. The number of aliphatic hydroxyl groups is 2. The van der Waals surface area contributed by atoms with Crippen molar-refractivity contribution in [2.75, 3.05) is 7.11 Å². The molecule has 1 aliphatic rings. The van der Waals surface area contributed by atoms with Crippen molar-refractivity contribution in [1.82, 2.24) is 0 Å². The highest BCUT2D eigenvalue weighted by molar-refractivity contribution is 5.68. The van der Waals surface area contributed by atoms with Gasteiger partial charge in [-0.25, -0.2) is 0 Å². The van der Waals surface area contributed by atoms with Crippen LogP contribution in [0.25, 0.3) is 0 Å². The average molecular weight is 269 g/mol. The van der Waals surface area contributed by atoms with Crippen LogP contribution in [0.1, 0.15) is 44.9 Å². The van der Waals surface area contributed by atoms with E-state index >= 15 is 0 Å². The number of esters is 1. The van der Waals surface area contributed by atoms with Gasteiger partial charge in [-0.05, 0) is 12.8 Å². The Morgan fingerprint density at radius 1 is 1.26 bits per heavy atom. The van der Waals surface area contributed by atoms with Crippen LogP contribution >= 0.6 is 0 Å². The van der Waals surface area contributed by atoms with Gasteiger partial charge in [0.2, 0.25) is 0 Å². The molecule has 1 aliphatic carbocycles. The molecule has 19 heavy (non-hydrogen) atoms. The van der Waals surface area contributed by atoms with Gasteiger partial charge in [-0.2, -0.15) is 5.26 Å². The molecule has 0 aliphatic heterocycles. The topological polar surface area (TPSA) is 90.6 Å². The Kier molecular flexibility index (Phi) is 6.82. The summed E-state index contributed by atoms with van der Waals surface area (Å²) in [7, 11) is 1.39. The van der Waals surface area contributed by atoms with Gasteiger partial charge in [0.05, 0.1) is 31.3 Å². The molecule has 2 N–H and O–H groups in total. The lowest BCUT2D eigenvalue weighted by atomic mass is 9.89. The Morgan fingerprint density at radius 2 is 1.95 bits per heavy atom. The summed E-state index contributed by atoms with van der Waals surface area (Å²) < 4.78 is 4.56. The minimum atomic E-state index is -0.690. The number of rotatable bonds is 7. The number of carbonyl (C=O) groups excluding carboxylic acids is 1. The van der Waals surface area contributed by atoms with Crippen molar-refractivity contribution in [2.24, 2.45) is 11.8 Å². The molecule has 4 atom stereocenters. The SMILES string of the molecule is COC(=O)CCCCCCC1C(O)CC(O)C1C#N. The predicted octanol–water partition coefficient (Wildman–Crippen LogP) is 1.38. The quantitative estimate of drug-likeness (QED) is 0.538. The number of aliphatic hydroxyl groups excluding tert-OH is 2. The zero-order chi connectivity index (χ0) is 14.3. The summed E-state index contributed by atoms with van der Waals surface area (Å²) in [5.41, 5.74) is 0. The number of ether oxygens (including phenoxy) is 1. The minimum absolute atomic E-state index is 0.111. The van der Waals surface area contributed by atoms with Gasteiger partial charge in [0.1, 0.15) is 0 Å². The molecule has 5 heteroatoms. The van der Waals surface area contributed by atoms with E-state index < -0.39 is 18.1 Å². The van der Waals surface area contributed by atoms with Crippen LogP contribution in [-0.2, 0) is 9.53 Å². The maximum absolute atomic E-state index is 10.9. The third-order valence-corrected chi connectivity index (χ3v) is 3.90. The van der Waals surface area contributed by atoms with Crippen molar-refractivity contribution < 1.29 is 19.7 Å². The van der Waals surface area contributed by atoms with Crippen LogP contribution in [0.15, 0.2) is 0 Å². The van der Waals surface area contributed by atoms with Crippen LogP contribution in [0.2, 0.25) is 0 Å². The smallest absolute Gasteiger partial charge is 0.305 e. The molecule has 1 saturated carbocycles. The normalized spacial score (nSPS) is 30.0. The van der Waals surface area contributed by atoms with E-state index in [1.807, 2.05) is 0 Å². The molecule has 0 spiro atoms. The standard InChI is InChI=1S/C14H23NO4/c1-19-14(18)7-5-3-2-4-6-10-11(9-15)13(17)8-12(10)16/h10-13,16-17H,2-8H2,1H3. The third kappa shape index (κ3) is 4.81. The summed E-state index contributed by atoms with van der Waals surface area (Å²) in [6, 6.07) is 2.10. The number of hydrogen-bond acceptors (Lipinski definition) is 5. The Balaban J connectivity index is 2.15. The van der Waals surface area contributed by atoms with Gasteiger partial charge >= 0.3 is 5.97 Å². The van der Waals surface area contributed by atoms with E-state index in [1.165, 1.54) is 7.11 Å². The molecule has 108 valence electrons. The van der Waals surface area contributed by atoms with Crippen LogP contribution in [0.4, 0.5) is 0 Å². The average Bonchev–Trinajstić information content (AvgIpc) is 2.67. The summed E-state index contributed by atoms with van der Waals surface area (Å²) in [5.74, 6) is -0.732. The lowest BCUT2D eigenvalue weighted by Gasteiger charge is -2.17. The van der Waals surface area contributed by atoms with Gasteiger partial charge in [-0.1, -0.05) is 19.3 Å². The number of hydrogen-bond donors (Lipinski definition) is 2. The molecule has 0 heterocycles. The van der Waals surface area contributed by atoms with E-state index in [-0.39, 0.29) is 11.9 Å². The molecule has 0 saturated heterocycles. The highest BCUT2D eigenvalue weighted by Gasteiger charge is 2.41. The molecule has 1 rings (SSSR count). The van der Waals surface area contributed by atoms with Crippen LogP contribution < -0.4 is 0 Å². The van der Waals surface area contributed by atoms with Gasteiger partial charge in [0.15, 0.2) is 0 Å². The van der Waals surface area contributed by atoms with E-state index in [0.29, 0.717) is 12.8 Å². The highest BCUT2D eigenvalue weighted by Crippen LogP contribution is 2.35. The van der Waals surface area contributed by atoms with E-state index in [0.717, 1.165) is 32.1 Å². The Bertz CT molecular complexity index is 326. The predicted molar refractivity (Wildman–Crippen MR) is 68.9 cm³/mol. The molecule has 0 aromatic heterocycles. The fourth-order valence-electron chi connectivity index (χ4n) is 2.75. The number of nitrogens with zero attached hydrogens (tertiary/aromatic N) is 1. The summed E-state index contributed by atoms with van der Waals surface area (Å²) in [5, 5.41) is 28.4. The minimum Gasteiger partial charge on any atom is -0.469 e. The number of unbranched alkanes of at least 4 members (excludes halogenated alkanes) is 3. The van der Waals surface area contributed by atoms with Crippen LogP contribution in [0.3, 0.4) is 0 Å². The summed E-state index contributed by atoms with van der Waals surface area (Å²) in [4.78, 5) is 10.9. The van der Waals surface area contributed by atoms with Gasteiger partial charge in [0, 0.05) is 18.8 Å². The molecule has 0 bridgehead atoms. The van der Waals surface area contributed by atoms with Crippen LogP contribution in [0, 0.1) is 23.2 Å². The maximum Gasteiger partial charge on any atom is 0.305 e.